The highest BCUT2D eigenvalue weighted by atomic mass is 16.5. The molecule has 8 nitrogen and oxygen atoms in total. The number of aliphatic hydroxyl groups is 1. The van der Waals surface area contributed by atoms with Gasteiger partial charge in [-0.2, -0.15) is 0 Å². The molecule has 2 aromatic carbocycles. The molecule has 1 heterocycles. The van der Waals surface area contributed by atoms with Crippen molar-refractivity contribution < 1.29 is 24.2 Å². The molecule has 31 heavy (non-hydrogen) atoms. The Labute approximate surface area is 179 Å². The zero-order valence-electron chi connectivity index (χ0n) is 17.3. The number of rotatable bonds is 10. The Kier molecular flexibility index (Phi) is 7.26. The first-order chi connectivity index (χ1) is 15.0. The number of hydrogen-bond acceptors (Lipinski definition) is 7. The van der Waals surface area contributed by atoms with Crippen LogP contribution in [0.5, 0.6) is 5.75 Å². The molecule has 162 valence electrons. The number of ether oxygens (including phenoxy) is 2. The van der Waals surface area contributed by atoms with Crippen molar-refractivity contribution in [3.63, 3.8) is 0 Å². The summed E-state index contributed by atoms with van der Waals surface area (Å²) < 4.78 is 10.5. The molecule has 8 heteroatoms. The number of fused-ring (bicyclic) bond motifs is 1. The van der Waals surface area contributed by atoms with Gasteiger partial charge >= 0.3 is 5.97 Å². The molecule has 0 spiro atoms. The van der Waals surface area contributed by atoms with Gasteiger partial charge in [0.2, 0.25) is 0 Å². The van der Waals surface area contributed by atoms with E-state index in [1.165, 1.54) is 0 Å². The monoisotopic (exact) mass is 423 g/mol. The van der Waals surface area contributed by atoms with Crippen molar-refractivity contribution in [1.82, 2.24) is 9.97 Å². The van der Waals surface area contributed by atoms with E-state index in [4.69, 9.17) is 15.2 Å². The van der Waals surface area contributed by atoms with Gasteiger partial charge < -0.3 is 25.3 Å². The number of carbonyl (C=O) groups excluding carboxylic acids is 2. The first-order valence-corrected chi connectivity index (χ1v) is 10.0. The first kappa shape index (κ1) is 21.9. The highest BCUT2D eigenvalue weighted by Gasteiger charge is 2.14. The number of nitrogens with two attached hydrogens (primary N) is 1. The van der Waals surface area contributed by atoms with E-state index in [0.29, 0.717) is 23.4 Å². The van der Waals surface area contributed by atoms with Crippen LogP contribution < -0.4 is 10.5 Å². The maximum atomic E-state index is 12.3. The molecule has 0 radical (unpaired) electrons. The normalized spacial score (nSPS) is 11.8. The fourth-order valence-electron chi connectivity index (χ4n) is 2.83. The van der Waals surface area contributed by atoms with Crippen molar-refractivity contribution in [1.29, 1.82) is 0 Å². The first-order valence-electron chi connectivity index (χ1n) is 10.0. The lowest BCUT2D eigenvalue weighted by Crippen LogP contribution is -2.13. The summed E-state index contributed by atoms with van der Waals surface area (Å²) in [5.74, 6) is -0.124. The number of nitrogens with zero attached hydrogens (tertiary/aromatic N) is 1. The standard InChI is InChI=1S/C23H25N3O5/c1-2-13-30-16-9-7-15(8-10-16)19(27)11-12-21(29)31-14-20(28)22(24)23-25-17-5-3-4-6-18(17)26-23/h3-10,28H,2,11-14,24H2,1H3,(H,25,26). The Balaban J connectivity index is 1.48. The second-order valence-electron chi connectivity index (χ2n) is 6.92. The van der Waals surface area contributed by atoms with Gasteiger partial charge in [-0.25, -0.2) is 4.98 Å². The summed E-state index contributed by atoms with van der Waals surface area (Å²) in [5.41, 5.74) is 7.87. The van der Waals surface area contributed by atoms with E-state index in [-0.39, 0.29) is 35.9 Å². The van der Waals surface area contributed by atoms with Crippen molar-refractivity contribution in [2.75, 3.05) is 13.2 Å². The molecule has 0 saturated carbocycles. The minimum atomic E-state index is -0.611. The van der Waals surface area contributed by atoms with E-state index in [1.807, 2.05) is 31.2 Å². The predicted octanol–water partition coefficient (Wildman–Crippen LogP) is 3.74. The number of esters is 1. The van der Waals surface area contributed by atoms with Crippen LogP contribution in [-0.4, -0.2) is 40.0 Å². The summed E-state index contributed by atoms with van der Waals surface area (Å²) in [6, 6.07) is 14.1. The van der Waals surface area contributed by atoms with Crippen molar-refractivity contribution in [3.05, 3.63) is 65.7 Å². The minimum absolute atomic E-state index is 0.00245. The number of Topliss-reactive ketones (excluding diaryl/α,β-unsaturated/α-hetero) is 1. The Morgan fingerprint density at radius 1 is 1.10 bits per heavy atom. The van der Waals surface area contributed by atoms with Crippen LogP contribution in [0.25, 0.3) is 16.7 Å². The van der Waals surface area contributed by atoms with Crippen LogP contribution >= 0.6 is 0 Å². The third-order valence-electron chi connectivity index (χ3n) is 4.53. The van der Waals surface area contributed by atoms with Crippen LogP contribution in [-0.2, 0) is 9.53 Å². The van der Waals surface area contributed by atoms with Gasteiger partial charge in [-0.15, -0.1) is 0 Å². The topological polar surface area (TPSA) is 128 Å². The van der Waals surface area contributed by atoms with Gasteiger partial charge in [-0.05, 0) is 42.8 Å². The number of aliphatic hydroxyl groups excluding tert-OH is 1. The number of nitrogens with one attached hydrogen (secondary N) is 1. The van der Waals surface area contributed by atoms with E-state index in [1.54, 1.807) is 24.3 Å². The molecule has 1 aromatic heterocycles. The number of benzene rings is 2. The smallest absolute Gasteiger partial charge is 0.306 e. The minimum Gasteiger partial charge on any atom is -0.507 e. The average Bonchev–Trinajstić information content (AvgIpc) is 3.23. The van der Waals surface area contributed by atoms with Gasteiger partial charge in [0.05, 0.1) is 24.1 Å². The van der Waals surface area contributed by atoms with Crippen LogP contribution in [0.15, 0.2) is 54.3 Å². The van der Waals surface area contributed by atoms with Gasteiger partial charge in [0, 0.05) is 12.0 Å². The lowest BCUT2D eigenvalue weighted by atomic mass is 10.1. The second kappa shape index (κ2) is 10.3. The number of hydrogen-bond donors (Lipinski definition) is 3. The summed E-state index contributed by atoms with van der Waals surface area (Å²) in [4.78, 5) is 31.5. The number of aromatic amines is 1. The molecule has 0 atom stereocenters. The highest BCUT2D eigenvalue weighted by Crippen LogP contribution is 2.17. The van der Waals surface area contributed by atoms with Crippen molar-refractivity contribution in [3.8, 4) is 5.75 Å². The molecule has 0 aliphatic heterocycles. The Bertz CT molecular complexity index is 1050. The van der Waals surface area contributed by atoms with Crippen LogP contribution in [0.2, 0.25) is 0 Å². The van der Waals surface area contributed by atoms with E-state index in [0.717, 1.165) is 11.9 Å². The maximum absolute atomic E-state index is 12.3. The van der Waals surface area contributed by atoms with E-state index in [2.05, 4.69) is 9.97 Å². The van der Waals surface area contributed by atoms with E-state index in [9.17, 15) is 14.7 Å². The van der Waals surface area contributed by atoms with Crippen LogP contribution in [0.4, 0.5) is 0 Å². The van der Waals surface area contributed by atoms with Gasteiger partial charge in [0.1, 0.15) is 11.4 Å². The molecule has 0 amide bonds. The molecule has 3 aromatic rings. The van der Waals surface area contributed by atoms with E-state index < -0.39 is 12.6 Å². The number of imidazole rings is 1. The molecule has 0 aliphatic rings. The molecule has 3 rings (SSSR count). The molecule has 0 bridgehead atoms. The molecule has 0 aliphatic carbocycles. The average molecular weight is 423 g/mol. The SMILES string of the molecule is CCCOc1ccc(C(=O)CCC(=O)OCC(O)=C(N)c2nc3ccccc3[nH]2)cc1. The summed E-state index contributed by atoms with van der Waals surface area (Å²) in [5, 5.41) is 10.1. The predicted molar refractivity (Wildman–Crippen MR) is 117 cm³/mol. The van der Waals surface area contributed by atoms with Crippen LogP contribution in [0, 0.1) is 0 Å². The number of H-pyrrole nitrogens is 1. The maximum Gasteiger partial charge on any atom is 0.306 e. The molecule has 0 saturated heterocycles. The quantitative estimate of drug-likeness (QED) is 0.257. The van der Waals surface area contributed by atoms with Crippen molar-refractivity contribution in [2.24, 2.45) is 5.73 Å². The van der Waals surface area contributed by atoms with Crippen LogP contribution in [0.3, 0.4) is 0 Å². The number of ketones is 1. The summed E-state index contributed by atoms with van der Waals surface area (Å²) in [6.07, 6.45) is 0.791. The van der Waals surface area contributed by atoms with Crippen LogP contribution in [0.1, 0.15) is 42.4 Å². The third-order valence-corrected chi connectivity index (χ3v) is 4.53. The van der Waals surface area contributed by atoms with Gasteiger partial charge in [0.25, 0.3) is 0 Å². The zero-order chi connectivity index (χ0) is 22.2. The molecular formula is C23H25N3O5. The van der Waals surface area contributed by atoms with Gasteiger partial charge in [-0.1, -0.05) is 19.1 Å². The number of carbonyl (C=O) groups is 2. The molecule has 4 N–H and O–H groups in total. The van der Waals surface area contributed by atoms with Crippen molar-refractivity contribution >= 4 is 28.5 Å². The van der Waals surface area contributed by atoms with E-state index >= 15 is 0 Å². The molecule has 0 fully saturated rings. The molecule has 0 unspecified atom stereocenters. The highest BCUT2D eigenvalue weighted by molar-refractivity contribution is 5.97. The Morgan fingerprint density at radius 3 is 2.55 bits per heavy atom. The number of para-hydroxylation sites is 2. The molecular weight excluding hydrogens is 398 g/mol. The summed E-state index contributed by atoms with van der Waals surface area (Å²) in [7, 11) is 0. The van der Waals surface area contributed by atoms with Crippen molar-refractivity contribution in [2.45, 2.75) is 26.2 Å². The van der Waals surface area contributed by atoms with Gasteiger partial charge in [0.15, 0.2) is 24.0 Å². The Morgan fingerprint density at radius 2 is 1.84 bits per heavy atom. The fraction of sp³-hybridized carbons (Fsp3) is 0.261. The third kappa shape index (κ3) is 5.85. The second-order valence-corrected chi connectivity index (χ2v) is 6.92. The summed E-state index contributed by atoms with van der Waals surface area (Å²) in [6.45, 7) is 2.22. The lowest BCUT2D eigenvalue weighted by molar-refractivity contribution is -0.143. The number of aromatic nitrogens is 2. The fourth-order valence-corrected chi connectivity index (χ4v) is 2.83. The van der Waals surface area contributed by atoms with Gasteiger partial charge in [-0.3, -0.25) is 9.59 Å². The largest absolute Gasteiger partial charge is 0.507 e. The summed E-state index contributed by atoms with van der Waals surface area (Å²) >= 11 is 0. The lowest BCUT2D eigenvalue weighted by Gasteiger charge is -2.07. The zero-order valence-corrected chi connectivity index (χ0v) is 17.3. The Hall–Kier alpha value is -3.81.